The number of fused-ring (bicyclic) bond motifs is 5. The van der Waals surface area contributed by atoms with Crippen LogP contribution in [0.1, 0.15) is 78.6 Å². The van der Waals surface area contributed by atoms with Crippen LogP contribution >= 0.6 is 0 Å². The highest BCUT2D eigenvalue weighted by Crippen LogP contribution is 2.71. The van der Waals surface area contributed by atoms with Crippen LogP contribution < -0.4 is 0 Å². The fraction of sp³-hybridized carbons (Fsp3) is 0.720. The van der Waals surface area contributed by atoms with Crippen LogP contribution in [0.5, 0.6) is 0 Å². The number of Topliss-reactive ketones (excluding diaryl/α,β-unsaturated/α-hetero) is 1. The van der Waals surface area contributed by atoms with Gasteiger partial charge in [0, 0.05) is 11.8 Å². The fourth-order valence-electron chi connectivity index (χ4n) is 8.21. The molecule has 0 amide bonds. The SMILES string of the molecule is CC(=O)[C@@]1(CCCC(=O)O)CC[C@H]2[C@@H]3CCC4=CC(=O)C(O)=C(O)[C@]4(C)[C@H]3CC[C@@]21C. The van der Waals surface area contributed by atoms with Gasteiger partial charge < -0.3 is 15.3 Å². The Balaban J connectivity index is 1.68. The number of carbonyl (C=O) groups excluding carboxylic acids is 2. The molecule has 0 radical (unpaired) electrons. The number of ketones is 2. The molecule has 0 aromatic heterocycles. The van der Waals surface area contributed by atoms with Gasteiger partial charge in [-0.2, -0.15) is 0 Å². The molecule has 6 nitrogen and oxygen atoms in total. The fourth-order valence-corrected chi connectivity index (χ4v) is 8.21. The van der Waals surface area contributed by atoms with Gasteiger partial charge in [0.1, 0.15) is 11.5 Å². The van der Waals surface area contributed by atoms with Crippen LogP contribution in [0.3, 0.4) is 0 Å². The Labute approximate surface area is 183 Å². The number of aliphatic hydroxyl groups excluding tert-OH is 2. The van der Waals surface area contributed by atoms with E-state index in [-0.39, 0.29) is 29.3 Å². The van der Waals surface area contributed by atoms with Crippen molar-refractivity contribution in [1.82, 2.24) is 0 Å². The number of carboxylic acid groups (broad SMARTS) is 1. The van der Waals surface area contributed by atoms with Gasteiger partial charge in [0.15, 0.2) is 0 Å². The maximum absolute atomic E-state index is 13.0. The van der Waals surface area contributed by atoms with E-state index >= 15 is 0 Å². The Hall–Kier alpha value is -2.11. The number of rotatable bonds is 5. The number of carbonyl (C=O) groups is 3. The van der Waals surface area contributed by atoms with Crippen LogP contribution in [0.15, 0.2) is 23.2 Å². The van der Waals surface area contributed by atoms with Crippen LogP contribution in [0.2, 0.25) is 0 Å². The zero-order chi connectivity index (χ0) is 22.8. The smallest absolute Gasteiger partial charge is 0.303 e. The molecule has 3 N–H and O–H groups in total. The number of hydrogen-bond acceptors (Lipinski definition) is 5. The minimum absolute atomic E-state index is 0.0834. The Kier molecular flexibility index (Phi) is 5.14. The van der Waals surface area contributed by atoms with Crippen LogP contribution in [0.25, 0.3) is 0 Å². The summed E-state index contributed by atoms with van der Waals surface area (Å²) in [5.74, 6) is -1.16. The van der Waals surface area contributed by atoms with Gasteiger partial charge in [-0.15, -0.1) is 0 Å². The van der Waals surface area contributed by atoms with Crippen molar-refractivity contribution in [3.8, 4) is 0 Å². The van der Waals surface area contributed by atoms with E-state index in [1.54, 1.807) is 6.92 Å². The third-order valence-corrected chi connectivity index (χ3v) is 9.88. The van der Waals surface area contributed by atoms with Gasteiger partial charge in [-0.3, -0.25) is 14.4 Å². The van der Waals surface area contributed by atoms with Crippen molar-refractivity contribution in [2.45, 2.75) is 78.6 Å². The molecular formula is C25H34O6. The van der Waals surface area contributed by atoms with E-state index in [1.165, 1.54) is 6.08 Å². The molecule has 6 heteroatoms. The molecule has 4 aliphatic rings. The second kappa shape index (κ2) is 7.21. The predicted molar refractivity (Wildman–Crippen MR) is 114 cm³/mol. The highest BCUT2D eigenvalue weighted by molar-refractivity contribution is 6.04. The van der Waals surface area contributed by atoms with Gasteiger partial charge in [-0.05, 0) is 94.5 Å². The molecule has 0 heterocycles. The number of allylic oxidation sites excluding steroid dienone is 2. The van der Waals surface area contributed by atoms with E-state index < -0.39 is 28.3 Å². The molecule has 4 rings (SSSR count). The summed E-state index contributed by atoms with van der Waals surface area (Å²) in [6, 6.07) is 0. The molecule has 0 spiro atoms. The Morgan fingerprint density at radius 1 is 1.10 bits per heavy atom. The summed E-state index contributed by atoms with van der Waals surface area (Å²) in [5.41, 5.74) is -0.498. The van der Waals surface area contributed by atoms with Crippen molar-refractivity contribution < 1.29 is 29.7 Å². The van der Waals surface area contributed by atoms with E-state index in [1.807, 2.05) is 6.92 Å². The quantitative estimate of drug-likeness (QED) is 0.572. The first-order valence-electron chi connectivity index (χ1n) is 11.6. The summed E-state index contributed by atoms with van der Waals surface area (Å²) >= 11 is 0. The molecule has 0 saturated heterocycles. The van der Waals surface area contributed by atoms with Crippen molar-refractivity contribution >= 4 is 17.5 Å². The molecule has 6 atom stereocenters. The van der Waals surface area contributed by atoms with E-state index in [9.17, 15) is 24.6 Å². The van der Waals surface area contributed by atoms with Crippen LogP contribution in [-0.2, 0) is 14.4 Å². The molecule has 3 saturated carbocycles. The summed E-state index contributed by atoms with van der Waals surface area (Å²) in [7, 11) is 0. The minimum atomic E-state index is -0.824. The van der Waals surface area contributed by atoms with E-state index in [0.717, 1.165) is 37.7 Å². The van der Waals surface area contributed by atoms with Crippen molar-refractivity contribution in [3.63, 3.8) is 0 Å². The molecule has 4 aliphatic carbocycles. The number of carboxylic acids is 1. The summed E-state index contributed by atoms with van der Waals surface area (Å²) in [6.45, 7) is 5.85. The zero-order valence-corrected chi connectivity index (χ0v) is 18.7. The molecule has 31 heavy (non-hydrogen) atoms. The maximum atomic E-state index is 13.0. The van der Waals surface area contributed by atoms with Crippen LogP contribution in [0.4, 0.5) is 0 Å². The lowest BCUT2D eigenvalue weighted by molar-refractivity contribution is -0.144. The Bertz CT molecular complexity index is 900. The Morgan fingerprint density at radius 2 is 1.77 bits per heavy atom. The second-order valence-corrected chi connectivity index (χ2v) is 10.7. The average molecular weight is 431 g/mol. The van der Waals surface area contributed by atoms with Crippen LogP contribution in [-0.4, -0.2) is 32.9 Å². The number of hydrogen-bond donors (Lipinski definition) is 3. The average Bonchev–Trinajstić information content (AvgIpc) is 3.01. The summed E-state index contributed by atoms with van der Waals surface area (Å²) in [4.78, 5) is 36.2. The first kappa shape index (κ1) is 22.1. The van der Waals surface area contributed by atoms with E-state index in [0.29, 0.717) is 31.1 Å². The topological polar surface area (TPSA) is 112 Å². The van der Waals surface area contributed by atoms with Gasteiger partial charge in [0.2, 0.25) is 11.5 Å². The molecule has 0 bridgehead atoms. The van der Waals surface area contributed by atoms with Gasteiger partial charge in [-0.1, -0.05) is 12.5 Å². The normalized spacial score (nSPS) is 41.8. The van der Waals surface area contributed by atoms with Gasteiger partial charge >= 0.3 is 5.97 Å². The maximum Gasteiger partial charge on any atom is 0.303 e. The van der Waals surface area contributed by atoms with E-state index in [2.05, 4.69) is 6.92 Å². The standard InChI is InChI=1S/C25H34O6/c1-14(26)25(10-4-5-20(28)29)12-9-17-16-7-6-15-13-19(27)21(30)22(31)24(15,3)18(16)8-11-23(17,25)2/h13,16-18,30-31H,4-12H2,1-3H3,(H,28,29)/t16-,17-,18-,23-,24-,25+/m0/s1. The third-order valence-electron chi connectivity index (χ3n) is 9.88. The molecule has 0 aliphatic heterocycles. The Morgan fingerprint density at radius 3 is 2.42 bits per heavy atom. The lowest BCUT2D eigenvalue weighted by Gasteiger charge is -2.59. The van der Waals surface area contributed by atoms with Crippen molar-refractivity contribution in [2.75, 3.05) is 0 Å². The highest BCUT2D eigenvalue weighted by atomic mass is 16.4. The first-order valence-corrected chi connectivity index (χ1v) is 11.6. The lowest BCUT2D eigenvalue weighted by atomic mass is 9.45. The zero-order valence-electron chi connectivity index (χ0n) is 18.7. The molecule has 3 fully saturated rings. The molecule has 170 valence electrons. The third kappa shape index (κ3) is 2.86. The monoisotopic (exact) mass is 430 g/mol. The molecule has 0 unspecified atom stereocenters. The van der Waals surface area contributed by atoms with Crippen molar-refractivity contribution in [3.05, 3.63) is 23.2 Å². The largest absolute Gasteiger partial charge is 0.507 e. The van der Waals surface area contributed by atoms with Crippen LogP contribution in [0, 0.1) is 34.0 Å². The van der Waals surface area contributed by atoms with Crippen molar-refractivity contribution in [2.24, 2.45) is 34.0 Å². The second-order valence-electron chi connectivity index (χ2n) is 10.7. The number of aliphatic hydroxyl groups is 2. The van der Waals surface area contributed by atoms with Gasteiger partial charge in [-0.25, -0.2) is 0 Å². The van der Waals surface area contributed by atoms with Crippen molar-refractivity contribution in [1.29, 1.82) is 0 Å². The number of aliphatic carboxylic acids is 1. The molecule has 0 aromatic rings. The summed E-state index contributed by atoms with van der Waals surface area (Å²) < 4.78 is 0. The van der Waals surface area contributed by atoms with Gasteiger partial charge in [0.05, 0.1) is 5.41 Å². The van der Waals surface area contributed by atoms with Gasteiger partial charge in [0.25, 0.3) is 0 Å². The molecule has 0 aromatic carbocycles. The van der Waals surface area contributed by atoms with E-state index in [4.69, 9.17) is 5.11 Å². The summed E-state index contributed by atoms with van der Waals surface area (Å²) in [5, 5.41) is 30.2. The first-order chi connectivity index (χ1) is 14.5. The molecular weight excluding hydrogens is 396 g/mol. The highest BCUT2D eigenvalue weighted by Gasteiger charge is 2.66. The minimum Gasteiger partial charge on any atom is -0.507 e. The lowest BCUT2D eigenvalue weighted by Crippen LogP contribution is -2.54. The summed E-state index contributed by atoms with van der Waals surface area (Å²) in [6.07, 6.45) is 7.69. The predicted octanol–water partition coefficient (Wildman–Crippen LogP) is 4.90.